The molecule has 0 amide bonds. The fourth-order valence-corrected chi connectivity index (χ4v) is 4.26. The van der Waals surface area contributed by atoms with Crippen LogP contribution in [0.25, 0.3) is 22.0 Å². The molecule has 31 heavy (non-hydrogen) atoms. The maximum atomic E-state index is 6.69. The molecule has 2 aliphatic rings. The number of aliphatic imine (C=N–C) groups is 1. The molecule has 6 N–H and O–H groups in total. The molecule has 0 aliphatic carbocycles. The average molecular weight is 416 g/mol. The molecule has 0 spiro atoms. The number of aromatic nitrogens is 1. The summed E-state index contributed by atoms with van der Waals surface area (Å²) in [4.78, 5) is 7.90. The molecule has 0 radical (unpaired) electrons. The van der Waals surface area contributed by atoms with E-state index in [1.807, 2.05) is 30.5 Å². The zero-order valence-corrected chi connectivity index (χ0v) is 17.6. The number of rotatable bonds is 7. The van der Waals surface area contributed by atoms with Gasteiger partial charge in [-0.25, -0.2) is 10.0 Å². The minimum atomic E-state index is -1.00. The number of para-hydroxylation sites is 1. The molecular formula is C24H29N7. The van der Waals surface area contributed by atoms with E-state index in [2.05, 4.69) is 61.4 Å². The minimum Gasteiger partial charge on any atom is -0.372 e. The number of hydrazine groups is 1. The predicted molar refractivity (Wildman–Crippen MR) is 126 cm³/mol. The third-order valence-electron chi connectivity index (χ3n) is 5.91. The Morgan fingerprint density at radius 3 is 3.00 bits per heavy atom. The van der Waals surface area contributed by atoms with Crippen LogP contribution in [0.15, 0.2) is 71.6 Å². The first kappa shape index (κ1) is 19.8. The first-order chi connectivity index (χ1) is 15.2. The summed E-state index contributed by atoms with van der Waals surface area (Å²) in [5.41, 5.74) is 14.4. The van der Waals surface area contributed by atoms with Crippen molar-refractivity contribution >= 4 is 17.1 Å². The van der Waals surface area contributed by atoms with Crippen molar-refractivity contribution in [3.63, 3.8) is 0 Å². The summed E-state index contributed by atoms with van der Waals surface area (Å²) >= 11 is 0. The van der Waals surface area contributed by atoms with Gasteiger partial charge in [0.1, 0.15) is 5.82 Å². The normalized spacial score (nSPS) is 21.3. The van der Waals surface area contributed by atoms with Gasteiger partial charge in [0.2, 0.25) is 5.79 Å². The number of benzene rings is 2. The van der Waals surface area contributed by atoms with Gasteiger partial charge in [-0.1, -0.05) is 36.4 Å². The van der Waals surface area contributed by atoms with Crippen molar-refractivity contribution in [1.82, 2.24) is 26.1 Å². The van der Waals surface area contributed by atoms with Gasteiger partial charge >= 0.3 is 0 Å². The highest BCUT2D eigenvalue weighted by Gasteiger charge is 2.29. The van der Waals surface area contributed by atoms with Gasteiger partial charge in [-0.15, -0.1) is 0 Å². The zero-order valence-electron chi connectivity index (χ0n) is 17.6. The Hall–Kier alpha value is -3.13. The molecule has 1 aromatic heterocycles. The number of fused-ring (bicyclic) bond motifs is 1. The average Bonchev–Trinajstić information content (AvgIpc) is 3.47. The molecule has 0 bridgehead atoms. The van der Waals surface area contributed by atoms with Gasteiger partial charge < -0.3 is 15.6 Å². The SMILES string of the molecule is NC1(c2cccc(-c3c[nH]c4ccccc34)c2)N=CC=C(NCCCN2CCCN2)N1. The molecule has 1 unspecified atom stereocenters. The first-order valence-electron chi connectivity index (χ1n) is 10.9. The highest BCUT2D eigenvalue weighted by molar-refractivity contribution is 5.95. The molecule has 2 aliphatic heterocycles. The van der Waals surface area contributed by atoms with Crippen LogP contribution in [0.4, 0.5) is 0 Å². The van der Waals surface area contributed by atoms with Gasteiger partial charge in [0.15, 0.2) is 0 Å². The van der Waals surface area contributed by atoms with Crippen LogP contribution in [-0.4, -0.2) is 42.4 Å². The lowest BCUT2D eigenvalue weighted by molar-refractivity contribution is 0.249. The Morgan fingerprint density at radius 2 is 2.10 bits per heavy atom. The Labute approximate surface area is 182 Å². The Morgan fingerprint density at radius 1 is 1.16 bits per heavy atom. The van der Waals surface area contributed by atoms with Crippen LogP contribution in [0.5, 0.6) is 0 Å². The number of H-pyrrole nitrogens is 1. The van der Waals surface area contributed by atoms with E-state index >= 15 is 0 Å². The van der Waals surface area contributed by atoms with E-state index in [9.17, 15) is 0 Å². The third kappa shape index (κ3) is 4.20. The lowest BCUT2D eigenvalue weighted by atomic mass is 9.99. The summed E-state index contributed by atoms with van der Waals surface area (Å²) in [5.74, 6) is -0.111. The Kier molecular flexibility index (Phi) is 5.46. The van der Waals surface area contributed by atoms with Crippen molar-refractivity contribution in [3.05, 3.63) is 72.2 Å². The highest BCUT2D eigenvalue weighted by atomic mass is 15.5. The fourth-order valence-electron chi connectivity index (χ4n) is 4.26. The summed E-state index contributed by atoms with van der Waals surface area (Å²) in [6.07, 6.45) is 8.04. The molecule has 5 rings (SSSR count). The van der Waals surface area contributed by atoms with Gasteiger partial charge in [0.25, 0.3) is 0 Å². The molecule has 2 aromatic carbocycles. The summed E-state index contributed by atoms with van der Waals surface area (Å²) in [5, 5.41) is 10.3. The second-order valence-electron chi connectivity index (χ2n) is 8.11. The van der Waals surface area contributed by atoms with E-state index in [0.717, 1.165) is 60.6 Å². The summed E-state index contributed by atoms with van der Waals surface area (Å²) in [6, 6.07) is 16.6. The third-order valence-corrected chi connectivity index (χ3v) is 5.91. The second-order valence-corrected chi connectivity index (χ2v) is 8.11. The monoisotopic (exact) mass is 415 g/mol. The largest absolute Gasteiger partial charge is 0.372 e. The number of nitrogens with two attached hydrogens (primary N) is 1. The molecule has 3 heterocycles. The van der Waals surface area contributed by atoms with Crippen LogP contribution in [-0.2, 0) is 5.79 Å². The summed E-state index contributed by atoms with van der Waals surface area (Å²) < 4.78 is 0. The number of hydrogen-bond acceptors (Lipinski definition) is 6. The van der Waals surface area contributed by atoms with Crippen LogP contribution in [0.1, 0.15) is 18.4 Å². The molecule has 1 atom stereocenters. The van der Waals surface area contributed by atoms with E-state index in [1.165, 1.54) is 11.8 Å². The van der Waals surface area contributed by atoms with Crippen molar-refractivity contribution in [2.24, 2.45) is 10.7 Å². The summed E-state index contributed by atoms with van der Waals surface area (Å²) in [6.45, 7) is 4.13. The van der Waals surface area contributed by atoms with Crippen LogP contribution in [0, 0.1) is 0 Å². The topological polar surface area (TPSA) is 93.5 Å². The molecule has 1 fully saturated rings. The van der Waals surface area contributed by atoms with E-state index in [1.54, 1.807) is 6.21 Å². The second kappa shape index (κ2) is 8.55. The smallest absolute Gasteiger partial charge is 0.210 e. The van der Waals surface area contributed by atoms with Gasteiger partial charge in [-0.05, 0) is 36.6 Å². The number of aromatic amines is 1. The van der Waals surface area contributed by atoms with Crippen LogP contribution < -0.4 is 21.8 Å². The minimum absolute atomic E-state index is 0.871. The molecule has 0 saturated carbocycles. The maximum absolute atomic E-state index is 6.69. The van der Waals surface area contributed by atoms with Gasteiger partial charge in [-0.2, -0.15) is 0 Å². The number of allylic oxidation sites excluding steroid dienone is 1. The highest BCUT2D eigenvalue weighted by Crippen LogP contribution is 2.31. The summed E-state index contributed by atoms with van der Waals surface area (Å²) in [7, 11) is 0. The van der Waals surface area contributed by atoms with Crippen LogP contribution in [0.3, 0.4) is 0 Å². The molecule has 160 valence electrons. The van der Waals surface area contributed by atoms with Crippen molar-refractivity contribution < 1.29 is 0 Å². The number of nitrogens with one attached hydrogen (secondary N) is 4. The van der Waals surface area contributed by atoms with E-state index < -0.39 is 5.79 Å². The fraction of sp³-hybridized carbons (Fsp3) is 0.292. The first-order valence-corrected chi connectivity index (χ1v) is 10.9. The number of hydrogen-bond donors (Lipinski definition) is 5. The zero-order chi connectivity index (χ0) is 21.1. The number of nitrogens with zero attached hydrogens (tertiary/aromatic N) is 2. The molecule has 1 saturated heterocycles. The van der Waals surface area contributed by atoms with Crippen LogP contribution >= 0.6 is 0 Å². The van der Waals surface area contributed by atoms with E-state index in [-0.39, 0.29) is 0 Å². The van der Waals surface area contributed by atoms with E-state index in [0.29, 0.717) is 0 Å². The van der Waals surface area contributed by atoms with Crippen LogP contribution in [0.2, 0.25) is 0 Å². The lowest BCUT2D eigenvalue weighted by Crippen LogP contribution is -2.52. The van der Waals surface area contributed by atoms with Crippen molar-refractivity contribution in [2.75, 3.05) is 26.2 Å². The quantitative estimate of drug-likeness (QED) is 0.383. The standard InChI is InChI=1S/C24H29N7/c25-24(28-13-10-23(30-24)26-11-4-14-31-15-5-12-29-31)19-7-3-6-18(16-19)21-17-27-22-9-2-1-8-20(21)22/h1-3,6-10,13,16-17,26-27,29-30H,4-5,11-12,14-15,25H2. The Bertz CT molecular complexity index is 1110. The van der Waals surface area contributed by atoms with Crippen molar-refractivity contribution in [3.8, 4) is 11.1 Å². The van der Waals surface area contributed by atoms with Gasteiger partial charge in [-0.3, -0.25) is 11.2 Å². The van der Waals surface area contributed by atoms with Crippen molar-refractivity contribution in [2.45, 2.75) is 18.6 Å². The van der Waals surface area contributed by atoms with E-state index in [4.69, 9.17) is 5.73 Å². The van der Waals surface area contributed by atoms with Gasteiger partial charge in [0, 0.05) is 60.6 Å². The molecular weight excluding hydrogens is 386 g/mol. The lowest BCUT2D eigenvalue weighted by Gasteiger charge is -2.32. The molecule has 7 heteroatoms. The van der Waals surface area contributed by atoms with Gasteiger partial charge in [0.05, 0.1) is 0 Å². The Balaban J connectivity index is 1.28. The van der Waals surface area contributed by atoms with Crippen molar-refractivity contribution in [1.29, 1.82) is 0 Å². The molecule has 7 nitrogen and oxygen atoms in total. The maximum Gasteiger partial charge on any atom is 0.210 e. The predicted octanol–water partition coefficient (Wildman–Crippen LogP) is 2.61. The molecule has 3 aromatic rings.